The summed E-state index contributed by atoms with van der Waals surface area (Å²) in [5.74, 6) is 0. The lowest BCUT2D eigenvalue weighted by Crippen LogP contribution is -1.99. The maximum Gasteiger partial charge on any atom is 0.0648 e. The Morgan fingerprint density at radius 2 is 1.74 bits per heavy atom. The van der Waals surface area contributed by atoms with Crippen LogP contribution in [0.15, 0.2) is 52.0 Å². The molecule has 0 atom stereocenters. The molecule has 0 unspecified atom stereocenters. The summed E-state index contributed by atoms with van der Waals surface area (Å²) in [5, 5.41) is 5.35. The van der Waals surface area contributed by atoms with Crippen LogP contribution in [0.2, 0.25) is 10.0 Å². The Morgan fingerprint density at radius 3 is 2.37 bits per heavy atom. The van der Waals surface area contributed by atoms with Gasteiger partial charge in [0.15, 0.2) is 0 Å². The second kappa shape index (κ2) is 6.42. The molecule has 0 amide bonds. The minimum atomic E-state index is 0.503. The van der Waals surface area contributed by atoms with Crippen molar-refractivity contribution in [1.82, 2.24) is 0 Å². The summed E-state index contributed by atoms with van der Waals surface area (Å²) >= 11 is 15.2. The second-order valence-corrected chi connectivity index (χ2v) is 5.67. The number of anilines is 1. The number of nitrogens with zero attached hydrogens (tertiary/aromatic N) is 1. The lowest BCUT2D eigenvalue weighted by Gasteiger charge is -2.05. The maximum atomic E-state index is 5.94. The van der Waals surface area contributed by atoms with E-state index in [1.54, 1.807) is 12.1 Å². The van der Waals surface area contributed by atoms with E-state index in [9.17, 15) is 0 Å². The standard InChI is InChI=1S/C14H11BrCl2N2/c1-9(10-2-4-11(15)5-3-10)18-19-12-6-7-13(16)14(17)8-12/h2-8,19H,1H3/b18-9+. The lowest BCUT2D eigenvalue weighted by molar-refractivity contribution is 1.32. The van der Waals surface area contributed by atoms with Crippen molar-refractivity contribution in [2.75, 3.05) is 5.43 Å². The van der Waals surface area contributed by atoms with Crippen LogP contribution in [0, 0.1) is 0 Å². The molecule has 0 aliphatic heterocycles. The third kappa shape index (κ3) is 3.96. The van der Waals surface area contributed by atoms with Crippen LogP contribution in [0.25, 0.3) is 0 Å². The van der Waals surface area contributed by atoms with Crippen LogP contribution in [0.3, 0.4) is 0 Å². The molecule has 1 N–H and O–H groups in total. The van der Waals surface area contributed by atoms with Crippen LogP contribution in [-0.4, -0.2) is 5.71 Å². The molecular weight excluding hydrogens is 347 g/mol. The first-order chi connectivity index (χ1) is 9.06. The first-order valence-corrected chi connectivity index (χ1v) is 7.12. The summed E-state index contributed by atoms with van der Waals surface area (Å²) in [6.07, 6.45) is 0. The minimum Gasteiger partial charge on any atom is -0.278 e. The van der Waals surface area contributed by atoms with Gasteiger partial charge in [-0.3, -0.25) is 5.43 Å². The predicted octanol–water partition coefficient (Wildman–Crippen LogP) is 5.59. The van der Waals surface area contributed by atoms with E-state index in [2.05, 4.69) is 26.5 Å². The summed E-state index contributed by atoms with van der Waals surface area (Å²) in [7, 11) is 0. The van der Waals surface area contributed by atoms with Gasteiger partial charge in [0, 0.05) is 4.47 Å². The van der Waals surface area contributed by atoms with Crippen molar-refractivity contribution in [3.05, 3.63) is 62.5 Å². The summed E-state index contributed by atoms with van der Waals surface area (Å²) in [5.41, 5.74) is 5.70. The molecule has 98 valence electrons. The SMILES string of the molecule is C/C(=N\Nc1ccc(Cl)c(Cl)c1)c1ccc(Br)cc1. The van der Waals surface area contributed by atoms with Gasteiger partial charge < -0.3 is 0 Å². The molecule has 2 aromatic rings. The average Bonchev–Trinajstić information content (AvgIpc) is 2.40. The highest BCUT2D eigenvalue weighted by atomic mass is 79.9. The van der Waals surface area contributed by atoms with Gasteiger partial charge in [0.05, 0.1) is 21.4 Å². The van der Waals surface area contributed by atoms with Gasteiger partial charge in [-0.2, -0.15) is 5.10 Å². The Hall–Kier alpha value is -1.03. The molecule has 2 aromatic carbocycles. The highest BCUT2D eigenvalue weighted by Gasteiger charge is 2.00. The van der Waals surface area contributed by atoms with Gasteiger partial charge >= 0.3 is 0 Å². The van der Waals surface area contributed by atoms with E-state index in [4.69, 9.17) is 23.2 Å². The Labute approximate surface area is 130 Å². The monoisotopic (exact) mass is 356 g/mol. The van der Waals surface area contributed by atoms with Crippen LogP contribution in [0.4, 0.5) is 5.69 Å². The largest absolute Gasteiger partial charge is 0.278 e. The highest BCUT2D eigenvalue weighted by Crippen LogP contribution is 2.25. The first-order valence-electron chi connectivity index (χ1n) is 5.57. The second-order valence-electron chi connectivity index (χ2n) is 3.94. The molecule has 2 nitrogen and oxygen atoms in total. The average molecular weight is 358 g/mol. The van der Waals surface area contributed by atoms with E-state index in [1.165, 1.54) is 0 Å². The zero-order chi connectivity index (χ0) is 13.8. The van der Waals surface area contributed by atoms with Gasteiger partial charge in [0.25, 0.3) is 0 Å². The smallest absolute Gasteiger partial charge is 0.0648 e. The molecule has 5 heteroatoms. The van der Waals surface area contributed by atoms with Crippen molar-refractivity contribution in [3.8, 4) is 0 Å². The van der Waals surface area contributed by atoms with Gasteiger partial charge in [-0.15, -0.1) is 0 Å². The van der Waals surface area contributed by atoms with Gasteiger partial charge in [-0.25, -0.2) is 0 Å². The number of halogens is 3. The quantitative estimate of drug-likeness (QED) is 0.561. The fraction of sp³-hybridized carbons (Fsp3) is 0.0714. The van der Waals surface area contributed by atoms with E-state index >= 15 is 0 Å². The Balaban J connectivity index is 2.13. The molecule has 0 aromatic heterocycles. The van der Waals surface area contributed by atoms with Crippen molar-refractivity contribution in [3.63, 3.8) is 0 Å². The molecule has 0 spiro atoms. The van der Waals surface area contributed by atoms with Crippen molar-refractivity contribution in [1.29, 1.82) is 0 Å². The summed E-state index contributed by atoms with van der Waals surface area (Å²) in [4.78, 5) is 0. The number of rotatable bonds is 3. The van der Waals surface area contributed by atoms with E-state index < -0.39 is 0 Å². The van der Waals surface area contributed by atoms with Crippen molar-refractivity contribution >= 4 is 50.5 Å². The summed E-state index contributed by atoms with van der Waals surface area (Å²) < 4.78 is 1.04. The third-order valence-corrected chi connectivity index (χ3v) is 3.80. The van der Waals surface area contributed by atoms with E-state index in [-0.39, 0.29) is 0 Å². The normalized spacial score (nSPS) is 11.5. The molecule has 2 rings (SSSR count). The van der Waals surface area contributed by atoms with E-state index in [0.717, 1.165) is 21.4 Å². The van der Waals surface area contributed by atoms with Gasteiger partial charge in [0.1, 0.15) is 0 Å². The zero-order valence-corrected chi connectivity index (χ0v) is 13.2. The van der Waals surface area contributed by atoms with Gasteiger partial charge in [0.2, 0.25) is 0 Å². The topological polar surface area (TPSA) is 24.4 Å². The molecule has 0 heterocycles. The first kappa shape index (κ1) is 14.4. The zero-order valence-electron chi connectivity index (χ0n) is 10.1. The van der Waals surface area contributed by atoms with Crippen molar-refractivity contribution in [2.45, 2.75) is 6.92 Å². The van der Waals surface area contributed by atoms with Crippen molar-refractivity contribution in [2.24, 2.45) is 5.10 Å². The third-order valence-electron chi connectivity index (χ3n) is 2.53. The number of hydrogen-bond acceptors (Lipinski definition) is 2. The van der Waals surface area contributed by atoms with Crippen LogP contribution in [0.1, 0.15) is 12.5 Å². The van der Waals surface area contributed by atoms with Crippen molar-refractivity contribution < 1.29 is 0 Å². The molecule has 0 aliphatic rings. The number of nitrogens with one attached hydrogen (secondary N) is 1. The molecule has 0 aliphatic carbocycles. The molecule has 19 heavy (non-hydrogen) atoms. The van der Waals surface area contributed by atoms with E-state index in [1.807, 2.05) is 37.3 Å². The van der Waals surface area contributed by atoms with Crippen LogP contribution >= 0.6 is 39.1 Å². The fourth-order valence-electron chi connectivity index (χ4n) is 1.47. The minimum absolute atomic E-state index is 0.503. The van der Waals surface area contributed by atoms with Crippen LogP contribution < -0.4 is 5.43 Å². The fourth-order valence-corrected chi connectivity index (χ4v) is 2.03. The number of hydrogen-bond donors (Lipinski definition) is 1. The molecule has 0 radical (unpaired) electrons. The van der Waals surface area contributed by atoms with Crippen LogP contribution in [0.5, 0.6) is 0 Å². The highest BCUT2D eigenvalue weighted by molar-refractivity contribution is 9.10. The Morgan fingerprint density at radius 1 is 1.05 bits per heavy atom. The lowest BCUT2D eigenvalue weighted by atomic mass is 10.1. The molecule has 0 saturated carbocycles. The molecular formula is C14H11BrCl2N2. The summed E-state index contributed by atoms with van der Waals surface area (Å²) in [6, 6.07) is 13.3. The van der Waals surface area contributed by atoms with E-state index in [0.29, 0.717) is 10.0 Å². The van der Waals surface area contributed by atoms with Gasteiger partial charge in [-0.1, -0.05) is 51.3 Å². The maximum absolute atomic E-state index is 5.94. The van der Waals surface area contributed by atoms with Crippen LogP contribution in [-0.2, 0) is 0 Å². The Kier molecular flexibility index (Phi) is 4.86. The molecule has 0 bridgehead atoms. The molecule has 0 fully saturated rings. The predicted molar refractivity (Wildman–Crippen MR) is 86.4 cm³/mol. The van der Waals surface area contributed by atoms with Gasteiger partial charge in [-0.05, 0) is 42.8 Å². The Bertz CT molecular complexity index is 609. The number of hydrazone groups is 1. The molecule has 0 saturated heterocycles. The number of benzene rings is 2. The summed E-state index contributed by atoms with van der Waals surface area (Å²) in [6.45, 7) is 1.94.